The SMILES string of the molecule is Cc1noc(-c2ccc(S(=O)(=O)N3CCCCC3CN3CCOCC3)o2)c1C. The molecule has 9 heteroatoms. The lowest BCUT2D eigenvalue weighted by molar-refractivity contribution is 0.0261. The minimum absolute atomic E-state index is 0.0372. The molecule has 1 unspecified atom stereocenters. The van der Waals surface area contributed by atoms with Crippen molar-refractivity contribution in [3.8, 4) is 11.5 Å². The number of ether oxygens (including phenoxy) is 1. The summed E-state index contributed by atoms with van der Waals surface area (Å²) in [5.41, 5.74) is 1.61. The summed E-state index contributed by atoms with van der Waals surface area (Å²) in [5, 5.41) is 3.88. The second kappa shape index (κ2) is 7.98. The van der Waals surface area contributed by atoms with E-state index in [0.717, 1.165) is 50.2 Å². The van der Waals surface area contributed by atoms with E-state index >= 15 is 0 Å². The molecule has 0 radical (unpaired) electrons. The van der Waals surface area contributed by atoms with E-state index in [9.17, 15) is 8.42 Å². The zero-order valence-corrected chi connectivity index (χ0v) is 17.2. The summed E-state index contributed by atoms with van der Waals surface area (Å²) in [5.74, 6) is 0.862. The van der Waals surface area contributed by atoms with Crippen LogP contribution in [-0.2, 0) is 14.8 Å². The Hall–Kier alpha value is -1.68. The number of nitrogens with zero attached hydrogens (tertiary/aromatic N) is 3. The van der Waals surface area contributed by atoms with Gasteiger partial charge in [-0.3, -0.25) is 4.90 Å². The van der Waals surface area contributed by atoms with Crippen LogP contribution >= 0.6 is 0 Å². The van der Waals surface area contributed by atoms with E-state index in [-0.39, 0.29) is 11.1 Å². The highest BCUT2D eigenvalue weighted by molar-refractivity contribution is 7.89. The molecule has 8 nitrogen and oxygen atoms in total. The Kier molecular flexibility index (Phi) is 5.59. The lowest BCUT2D eigenvalue weighted by Gasteiger charge is -2.38. The van der Waals surface area contributed by atoms with Crippen LogP contribution in [0.1, 0.15) is 30.5 Å². The highest BCUT2D eigenvalue weighted by Gasteiger charge is 2.36. The molecule has 0 saturated carbocycles. The molecule has 0 N–H and O–H groups in total. The molecule has 0 bridgehead atoms. The number of morpholine rings is 1. The van der Waals surface area contributed by atoms with Crippen molar-refractivity contribution in [3.05, 3.63) is 23.4 Å². The second-order valence-electron chi connectivity index (χ2n) is 7.52. The summed E-state index contributed by atoms with van der Waals surface area (Å²) < 4.78 is 44.7. The fourth-order valence-corrected chi connectivity index (χ4v) is 5.50. The molecule has 2 aromatic heterocycles. The number of furan rings is 1. The maximum absolute atomic E-state index is 13.3. The van der Waals surface area contributed by atoms with Gasteiger partial charge in [-0.15, -0.1) is 0 Å². The Labute approximate surface area is 165 Å². The number of hydrogen-bond acceptors (Lipinski definition) is 7. The van der Waals surface area contributed by atoms with E-state index in [4.69, 9.17) is 13.7 Å². The fraction of sp³-hybridized carbons (Fsp3) is 0.632. The van der Waals surface area contributed by atoms with Gasteiger partial charge in [0.2, 0.25) is 10.9 Å². The standard InChI is InChI=1S/C19H27N3O5S/c1-14-15(2)20-27-19(14)17-6-7-18(26-17)28(23,24)22-8-4-3-5-16(22)13-21-9-11-25-12-10-21/h6-7,16H,3-5,8-13H2,1-2H3. The van der Waals surface area contributed by atoms with Crippen molar-refractivity contribution in [2.24, 2.45) is 0 Å². The van der Waals surface area contributed by atoms with E-state index < -0.39 is 10.0 Å². The Balaban J connectivity index is 1.56. The van der Waals surface area contributed by atoms with E-state index in [1.807, 2.05) is 13.8 Å². The second-order valence-corrected chi connectivity index (χ2v) is 9.34. The zero-order valence-electron chi connectivity index (χ0n) is 16.4. The average Bonchev–Trinajstić information content (AvgIpc) is 3.31. The smallest absolute Gasteiger partial charge is 0.276 e. The number of aromatic nitrogens is 1. The Morgan fingerprint density at radius 1 is 1.14 bits per heavy atom. The van der Waals surface area contributed by atoms with E-state index in [1.165, 1.54) is 6.07 Å². The van der Waals surface area contributed by atoms with Crippen LogP contribution in [0.5, 0.6) is 0 Å². The van der Waals surface area contributed by atoms with Gasteiger partial charge in [-0.2, -0.15) is 4.31 Å². The molecule has 0 amide bonds. The first kappa shape index (κ1) is 19.6. The molecule has 0 aliphatic carbocycles. The fourth-order valence-electron chi connectivity index (χ4n) is 3.90. The van der Waals surface area contributed by atoms with Crippen LogP contribution < -0.4 is 0 Å². The largest absolute Gasteiger partial charge is 0.440 e. The first-order valence-corrected chi connectivity index (χ1v) is 11.3. The molecule has 154 valence electrons. The molecule has 4 rings (SSSR count). The Morgan fingerprint density at radius 3 is 2.64 bits per heavy atom. The van der Waals surface area contributed by atoms with Crippen molar-refractivity contribution < 1.29 is 22.1 Å². The van der Waals surface area contributed by atoms with Crippen molar-refractivity contribution in [2.75, 3.05) is 39.4 Å². The summed E-state index contributed by atoms with van der Waals surface area (Å²) in [6.45, 7) is 8.07. The molecule has 4 heterocycles. The van der Waals surface area contributed by atoms with Crippen LogP contribution in [0.3, 0.4) is 0 Å². The predicted octanol–water partition coefficient (Wildman–Crippen LogP) is 2.43. The van der Waals surface area contributed by atoms with Crippen molar-refractivity contribution >= 4 is 10.0 Å². The molecular weight excluding hydrogens is 382 g/mol. The van der Waals surface area contributed by atoms with E-state index in [0.29, 0.717) is 31.3 Å². The number of aryl methyl sites for hydroxylation is 1. The first-order valence-electron chi connectivity index (χ1n) is 9.82. The van der Waals surface area contributed by atoms with E-state index in [1.54, 1.807) is 10.4 Å². The van der Waals surface area contributed by atoms with Crippen LogP contribution in [-0.4, -0.2) is 68.2 Å². The number of hydrogen-bond donors (Lipinski definition) is 0. The average molecular weight is 410 g/mol. The van der Waals surface area contributed by atoms with Crippen LogP contribution in [0.25, 0.3) is 11.5 Å². The minimum Gasteiger partial charge on any atom is -0.440 e. The van der Waals surface area contributed by atoms with Gasteiger partial charge in [0.1, 0.15) is 0 Å². The first-order chi connectivity index (χ1) is 13.5. The van der Waals surface area contributed by atoms with Crippen molar-refractivity contribution in [3.63, 3.8) is 0 Å². The van der Waals surface area contributed by atoms with Gasteiger partial charge in [0.25, 0.3) is 10.0 Å². The highest BCUT2D eigenvalue weighted by Crippen LogP contribution is 2.32. The summed E-state index contributed by atoms with van der Waals surface area (Å²) in [7, 11) is -3.71. The highest BCUT2D eigenvalue weighted by atomic mass is 32.2. The summed E-state index contributed by atoms with van der Waals surface area (Å²) >= 11 is 0. The van der Waals surface area contributed by atoms with Gasteiger partial charge >= 0.3 is 0 Å². The van der Waals surface area contributed by atoms with Gasteiger partial charge in [-0.25, -0.2) is 8.42 Å². The topological polar surface area (TPSA) is 89.0 Å². The maximum atomic E-state index is 13.3. The molecule has 2 fully saturated rings. The van der Waals surface area contributed by atoms with E-state index in [2.05, 4.69) is 10.1 Å². The van der Waals surface area contributed by atoms with Crippen molar-refractivity contribution in [2.45, 2.75) is 44.2 Å². The third-order valence-electron chi connectivity index (χ3n) is 5.67. The number of rotatable bonds is 5. The molecule has 1 atom stereocenters. The third kappa shape index (κ3) is 3.76. The molecule has 2 saturated heterocycles. The van der Waals surface area contributed by atoms with Gasteiger partial charge in [0.15, 0.2) is 5.76 Å². The lowest BCUT2D eigenvalue weighted by Crippen LogP contribution is -2.51. The lowest BCUT2D eigenvalue weighted by atomic mass is 10.0. The minimum atomic E-state index is -3.71. The van der Waals surface area contributed by atoms with Gasteiger partial charge in [-0.1, -0.05) is 11.6 Å². The van der Waals surface area contributed by atoms with Crippen LogP contribution in [0.4, 0.5) is 0 Å². The summed E-state index contributed by atoms with van der Waals surface area (Å²) in [4.78, 5) is 2.29. The van der Waals surface area contributed by atoms with Crippen LogP contribution in [0.15, 0.2) is 26.2 Å². The molecule has 0 aromatic carbocycles. The number of sulfonamides is 1. The molecule has 2 aromatic rings. The zero-order chi connectivity index (χ0) is 19.7. The van der Waals surface area contributed by atoms with Gasteiger partial charge < -0.3 is 13.7 Å². The Morgan fingerprint density at radius 2 is 1.93 bits per heavy atom. The van der Waals surface area contributed by atoms with Gasteiger partial charge in [0.05, 0.1) is 18.9 Å². The molecular formula is C19H27N3O5S. The quantitative estimate of drug-likeness (QED) is 0.749. The molecule has 2 aliphatic rings. The van der Waals surface area contributed by atoms with Gasteiger partial charge in [0, 0.05) is 37.8 Å². The van der Waals surface area contributed by atoms with Crippen LogP contribution in [0, 0.1) is 13.8 Å². The summed E-state index contributed by atoms with van der Waals surface area (Å²) in [6, 6.07) is 3.11. The summed E-state index contributed by atoms with van der Waals surface area (Å²) in [6.07, 6.45) is 2.78. The number of piperidine rings is 1. The molecule has 2 aliphatic heterocycles. The third-order valence-corrected chi connectivity index (χ3v) is 7.50. The van der Waals surface area contributed by atoms with Crippen molar-refractivity contribution in [1.29, 1.82) is 0 Å². The van der Waals surface area contributed by atoms with Gasteiger partial charge in [-0.05, 0) is 38.8 Å². The maximum Gasteiger partial charge on any atom is 0.276 e. The van der Waals surface area contributed by atoms with Crippen LogP contribution in [0.2, 0.25) is 0 Å². The van der Waals surface area contributed by atoms with Crippen molar-refractivity contribution in [1.82, 2.24) is 14.4 Å². The normalized spacial score (nSPS) is 22.6. The predicted molar refractivity (Wildman–Crippen MR) is 102 cm³/mol. The molecule has 28 heavy (non-hydrogen) atoms. The Bertz CT molecular complexity index is 914. The molecule has 0 spiro atoms. The monoisotopic (exact) mass is 409 g/mol.